The Bertz CT molecular complexity index is 1240. The van der Waals surface area contributed by atoms with Gasteiger partial charge in [-0.3, -0.25) is 4.79 Å². The monoisotopic (exact) mass is 448 g/mol. The Hall–Kier alpha value is -3.39. The number of nitrogens with zero attached hydrogens (tertiary/aromatic N) is 4. The second-order valence-corrected chi connectivity index (χ2v) is 8.90. The molecule has 6 rings (SSSR count). The number of anilines is 2. The van der Waals surface area contributed by atoms with E-state index in [2.05, 4.69) is 16.0 Å². The van der Waals surface area contributed by atoms with Crippen molar-refractivity contribution in [1.82, 2.24) is 14.9 Å². The Morgan fingerprint density at radius 1 is 1.00 bits per heavy atom. The van der Waals surface area contributed by atoms with Crippen molar-refractivity contribution >= 4 is 17.5 Å². The maximum absolute atomic E-state index is 14.2. The van der Waals surface area contributed by atoms with Gasteiger partial charge in [0.1, 0.15) is 11.6 Å². The summed E-state index contributed by atoms with van der Waals surface area (Å²) in [6.07, 6.45) is 5.29. The van der Waals surface area contributed by atoms with Crippen molar-refractivity contribution in [1.29, 1.82) is 0 Å². The quantitative estimate of drug-likeness (QED) is 0.605. The first-order valence-corrected chi connectivity index (χ1v) is 11.1. The van der Waals surface area contributed by atoms with E-state index >= 15 is 0 Å². The molecule has 6 nitrogen and oxygen atoms in total. The van der Waals surface area contributed by atoms with E-state index in [4.69, 9.17) is 4.74 Å². The van der Waals surface area contributed by atoms with Crippen molar-refractivity contribution < 1.29 is 18.3 Å². The van der Waals surface area contributed by atoms with Crippen LogP contribution in [0, 0.1) is 11.6 Å². The summed E-state index contributed by atoms with van der Waals surface area (Å²) in [6.45, 7) is 3.05. The fraction of sp³-hybridized carbons (Fsp3) is 0.320. The van der Waals surface area contributed by atoms with E-state index < -0.39 is 11.6 Å². The molecule has 1 aliphatic carbocycles. The standard InChI is InChI=1S/C25H22F2N4O2/c26-18-2-3-19(21(27)12-18)17-13-28-24(29-14-17)31-15-25(5-6-25)20-4-1-16(11-22(20)31)23(32)30-7-9-33-10-8-30/h1-4,11-14H,5-10,15H2. The number of hydrogen-bond donors (Lipinski definition) is 0. The summed E-state index contributed by atoms with van der Waals surface area (Å²) in [7, 11) is 0. The van der Waals surface area contributed by atoms with Gasteiger partial charge in [-0.2, -0.15) is 0 Å². The molecule has 2 aromatic carbocycles. The van der Waals surface area contributed by atoms with E-state index in [1.165, 1.54) is 17.7 Å². The maximum Gasteiger partial charge on any atom is 0.254 e. The van der Waals surface area contributed by atoms with E-state index in [1.807, 2.05) is 21.9 Å². The minimum absolute atomic E-state index is 0.000785. The third-order valence-corrected chi connectivity index (χ3v) is 6.84. The minimum atomic E-state index is -0.652. The number of carbonyl (C=O) groups excluding carboxylic acids is 1. The lowest BCUT2D eigenvalue weighted by molar-refractivity contribution is 0.0303. The molecule has 3 aliphatic rings. The number of halogens is 2. The number of ether oxygens (including phenoxy) is 1. The Labute approximate surface area is 189 Å². The molecule has 3 aromatic rings. The van der Waals surface area contributed by atoms with Crippen molar-refractivity contribution in [2.45, 2.75) is 18.3 Å². The van der Waals surface area contributed by atoms with Crippen LogP contribution < -0.4 is 4.90 Å². The molecule has 168 valence electrons. The molecule has 1 saturated carbocycles. The Morgan fingerprint density at radius 3 is 2.45 bits per heavy atom. The largest absolute Gasteiger partial charge is 0.378 e. The van der Waals surface area contributed by atoms with E-state index in [9.17, 15) is 13.6 Å². The van der Waals surface area contributed by atoms with Crippen LogP contribution in [0.15, 0.2) is 48.8 Å². The smallest absolute Gasteiger partial charge is 0.254 e. The predicted molar refractivity (Wildman–Crippen MR) is 118 cm³/mol. The van der Waals surface area contributed by atoms with Crippen molar-refractivity contribution in [3.05, 3.63) is 71.6 Å². The van der Waals surface area contributed by atoms with Crippen LogP contribution in [0.25, 0.3) is 11.1 Å². The Balaban J connectivity index is 1.32. The molecular weight excluding hydrogens is 426 g/mol. The molecular formula is C25H22F2N4O2. The summed E-state index contributed by atoms with van der Waals surface area (Å²) >= 11 is 0. The summed E-state index contributed by atoms with van der Waals surface area (Å²) in [5.41, 5.74) is 3.63. The normalized spacial score (nSPS) is 18.5. The highest BCUT2D eigenvalue weighted by atomic mass is 19.1. The first-order chi connectivity index (χ1) is 16.0. The molecule has 1 spiro atoms. The SMILES string of the molecule is O=C(c1ccc2c(c1)N(c1ncc(-c3ccc(F)cc3F)cn1)CC21CC1)N1CCOCC1. The van der Waals surface area contributed by atoms with Gasteiger partial charge in [-0.05, 0) is 42.7 Å². The van der Waals surface area contributed by atoms with Gasteiger partial charge in [0, 0.05) is 65.9 Å². The molecule has 0 unspecified atom stereocenters. The summed E-state index contributed by atoms with van der Waals surface area (Å²) in [4.78, 5) is 25.9. The topological polar surface area (TPSA) is 58.6 Å². The lowest BCUT2D eigenvalue weighted by Crippen LogP contribution is -2.40. The van der Waals surface area contributed by atoms with Gasteiger partial charge in [-0.1, -0.05) is 6.07 Å². The lowest BCUT2D eigenvalue weighted by atomic mass is 9.97. The zero-order chi connectivity index (χ0) is 22.6. The fourth-order valence-electron chi connectivity index (χ4n) is 4.84. The zero-order valence-corrected chi connectivity index (χ0v) is 17.9. The van der Waals surface area contributed by atoms with Crippen molar-refractivity contribution in [2.75, 3.05) is 37.7 Å². The predicted octanol–water partition coefficient (Wildman–Crippen LogP) is 4.08. The molecule has 0 bridgehead atoms. The molecule has 2 aliphatic heterocycles. The summed E-state index contributed by atoms with van der Waals surface area (Å²) < 4.78 is 32.8. The van der Waals surface area contributed by atoms with Crippen LogP contribution in [-0.4, -0.2) is 53.6 Å². The zero-order valence-electron chi connectivity index (χ0n) is 17.9. The first-order valence-electron chi connectivity index (χ1n) is 11.1. The number of benzene rings is 2. The molecule has 0 atom stereocenters. The molecule has 1 aromatic heterocycles. The number of hydrogen-bond acceptors (Lipinski definition) is 5. The van der Waals surface area contributed by atoms with Crippen molar-refractivity contribution in [3.63, 3.8) is 0 Å². The Kier molecular flexibility index (Phi) is 4.65. The van der Waals surface area contributed by atoms with Crippen molar-refractivity contribution in [3.8, 4) is 11.1 Å². The van der Waals surface area contributed by atoms with Crippen LogP contribution in [-0.2, 0) is 10.2 Å². The molecule has 33 heavy (non-hydrogen) atoms. The Morgan fingerprint density at radius 2 is 1.76 bits per heavy atom. The summed E-state index contributed by atoms with van der Waals surface area (Å²) in [6, 6.07) is 9.38. The molecule has 8 heteroatoms. The molecule has 3 heterocycles. The van der Waals surface area contributed by atoms with Crippen LogP contribution >= 0.6 is 0 Å². The van der Waals surface area contributed by atoms with Crippen LogP contribution in [0.2, 0.25) is 0 Å². The first kappa shape index (κ1) is 20.2. The number of morpholine rings is 1. The van der Waals surface area contributed by atoms with Gasteiger partial charge in [0.05, 0.1) is 13.2 Å². The van der Waals surface area contributed by atoms with Crippen LogP contribution in [0.3, 0.4) is 0 Å². The van der Waals surface area contributed by atoms with Crippen LogP contribution in [0.5, 0.6) is 0 Å². The van der Waals surface area contributed by atoms with Gasteiger partial charge < -0.3 is 14.5 Å². The molecule has 0 N–H and O–H groups in total. The van der Waals surface area contributed by atoms with E-state index in [0.717, 1.165) is 31.1 Å². The van der Waals surface area contributed by atoms with Gasteiger partial charge in [0.2, 0.25) is 5.95 Å². The van der Waals surface area contributed by atoms with E-state index in [0.29, 0.717) is 43.4 Å². The highest BCUT2D eigenvalue weighted by molar-refractivity contribution is 5.96. The third-order valence-electron chi connectivity index (χ3n) is 6.84. The summed E-state index contributed by atoms with van der Waals surface area (Å²) in [5, 5.41) is 0. The number of amides is 1. The number of carbonyl (C=O) groups is 1. The highest BCUT2D eigenvalue weighted by Crippen LogP contribution is 2.57. The molecule has 0 radical (unpaired) electrons. The van der Waals surface area contributed by atoms with Crippen LogP contribution in [0.1, 0.15) is 28.8 Å². The lowest BCUT2D eigenvalue weighted by Gasteiger charge is -2.27. The molecule has 1 saturated heterocycles. The van der Waals surface area contributed by atoms with Gasteiger partial charge >= 0.3 is 0 Å². The van der Waals surface area contributed by atoms with Gasteiger partial charge in [0.15, 0.2) is 0 Å². The average molecular weight is 448 g/mol. The maximum atomic E-state index is 14.2. The molecule has 1 amide bonds. The second kappa shape index (κ2) is 7.59. The minimum Gasteiger partial charge on any atom is -0.378 e. The number of rotatable bonds is 3. The van der Waals surface area contributed by atoms with Gasteiger partial charge in [-0.15, -0.1) is 0 Å². The second-order valence-electron chi connectivity index (χ2n) is 8.90. The number of aromatic nitrogens is 2. The molecule has 2 fully saturated rings. The average Bonchev–Trinajstić information content (AvgIpc) is 3.55. The van der Waals surface area contributed by atoms with E-state index in [-0.39, 0.29) is 16.9 Å². The summed E-state index contributed by atoms with van der Waals surface area (Å²) in [5.74, 6) is -0.774. The highest BCUT2D eigenvalue weighted by Gasteiger charge is 2.52. The van der Waals surface area contributed by atoms with Gasteiger partial charge in [0.25, 0.3) is 5.91 Å². The van der Waals surface area contributed by atoms with Crippen molar-refractivity contribution in [2.24, 2.45) is 0 Å². The number of fused-ring (bicyclic) bond motifs is 2. The van der Waals surface area contributed by atoms with E-state index in [1.54, 1.807) is 12.4 Å². The van der Waals surface area contributed by atoms with Crippen LogP contribution in [0.4, 0.5) is 20.4 Å². The third kappa shape index (κ3) is 3.45. The fourth-order valence-corrected chi connectivity index (χ4v) is 4.84. The van der Waals surface area contributed by atoms with Gasteiger partial charge in [-0.25, -0.2) is 18.7 Å².